The average Bonchev–Trinajstić information content (AvgIpc) is 2.32. The SMILES string of the molecule is CCCCCC.CCCCCCCC[O][Nd]. The predicted molar refractivity (Wildman–Crippen MR) is 69.1 cm³/mol. The van der Waals surface area contributed by atoms with Crippen molar-refractivity contribution in [3.05, 3.63) is 0 Å². The third-order valence-corrected chi connectivity index (χ3v) is 3.21. The summed E-state index contributed by atoms with van der Waals surface area (Å²) >= 11 is 0.909. The Hall–Kier alpha value is 1.31. The molecule has 0 aromatic carbocycles. The van der Waals surface area contributed by atoms with Gasteiger partial charge in [-0.05, 0) is 0 Å². The van der Waals surface area contributed by atoms with E-state index in [0.29, 0.717) is 0 Å². The molecule has 0 bridgehead atoms. The summed E-state index contributed by atoms with van der Waals surface area (Å²) < 4.78 is 5.09. The van der Waals surface area contributed by atoms with E-state index in [-0.39, 0.29) is 0 Å². The third kappa shape index (κ3) is 24.5. The van der Waals surface area contributed by atoms with E-state index in [9.17, 15) is 0 Å². The molecule has 0 aliphatic heterocycles. The topological polar surface area (TPSA) is 9.23 Å². The first-order chi connectivity index (χ1) is 7.83. The van der Waals surface area contributed by atoms with E-state index in [4.69, 9.17) is 1.06 Å². The summed E-state index contributed by atoms with van der Waals surface area (Å²) in [6.07, 6.45) is 13.7. The van der Waals surface area contributed by atoms with Gasteiger partial charge in [0.25, 0.3) is 0 Å². The van der Waals surface area contributed by atoms with Crippen molar-refractivity contribution in [1.29, 1.82) is 0 Å². The van der Waals surface area contributed by atoms with Gasteiger partial charge in [0, 0.05) is 0 Å². The van der Waals surface area contributed by atoms with Crippen LogP contribution in [0.2, 0.25) is 0 Å². The minimum absolute atomic E-state index is 0.909. The molecular formula is C14H31NdO. The van der Waals surface area contributed by atoms with Crippen LogP contribution in [0.25, 0.3) is 0 Å². The molecule has 0 fully saturated rings. The summed E-state index contributed by atoms with van der Waals surface area (Å²) in [4.78, 5) is 0. The maximum absolute atomic E-state index is 5.09. The first-order valence-electron chi connectivity index (χ1n) is 7.11. The molecule has 0 radical (unpaired) electrons. The monoisotopic (exact) mass is 357 g/mol. The Labute approximate surface area is 131 Å². The molecule has 0 atom stereocenters. The van der Waals surface area contributed by atoms with Gasteiger partial charge in [-0.2, -0.15) is 0 Å². The second kappa shape index (κ2) is 21.6. The van der Waals surface area contributed by atoms with Crippen molar-refractivity contribution >= 4 is 0 Å². The second-order valence-corrected chi connectivity index (χ2v) is 5.25. The van der Waals surface area contributed by atoms with Crippen LogP contribution in [0.3, 0.4) is 0 Å². The van der Waals surface area contributed by atoms with Gasteiger partial charge in [-0.25, -0.2) is 0 Å². The summed E-state index contributed by atoms with van der Waals surface area (Å²) in [6.45, 7) is 7.71. The molecule has 0 saturated heterocycles. The van der Waals surface area contributed by atoms with E-state index in [1.54, 1.807) is 0 Å². The zero-order valence-electron chi connectivity index (χ0n) is 11.7. The number of hydrogen-bond acceptors (Lipinski definition) is 1. The summed E-state index contributed by atoms with van der Waals surface area (Å²) in [6, 6.07) is 0. The van der Waals surface area contributed by atoms with Crippen LogP contribution < -0.4 is 0 Å². The molecule has 0 saturated carbocycles. The van der Waals surface area contributed by atoms with Crippen LogP contribution in [-0.2, 0) is 1.06 Å². The van der Waals surface area contributed by atoms with Crippen molar-refractivity contribution in [2.45, 2.75) is 85.0 Å². The van der Waals surface area contributed by atoms with Gasteiger partial charge in [0.15, 0.2) is 0 Å². The molecule has 0 rings (SSSR count). The van der Waals surface area contributed by atoms with E-state index in [2.05, 4.69) is 20.8 Å². The summed E-state index contributed by atoms with van der Waals surface area (Å²) in [5, 5.41) is 0. The van der Waals surface area contributed by atoms with Crippen molar-refractivity contribution in [3.63, 3.8) is 0 Å². The van der Waals surface area contributed by atoms with Gasteiger partial charge in [0.2, 0.25) is 0 Å². The molecule has 0 aromatic rings. The predicted octanol–water partition coefficient (Wildman–Crippen LogP) is 5.41. The first-order valence-corrected chi connectivity index (χ1v) is 8.42. The normalized spacial score (nSPS) is 9.62. The minimum atomic E-state index is 0.909. The van der Waals surface area contributed by atoms with Gasteiger partial charge >= 0.3 is 92.5 Å². The molecule has 16 heavy (non-hydrogen) atoms. The standard InChI is InChI=1S/C8H17O.C6H14.Nd/c1-2-3-4-5-6-7-8-9;1-3-5-6-4-2;/h2-8H2,1H3;3-6H2,1-2H3;/q-1;;+1. The molecule has 1 nitrogen and oxygen atoms in total. The summed E-state index contributed by atoms with van der Waals surface area (Å²) in [5.74, 6) is 0. The fourth-order valence-electron chi connectivity index (χ4n) is 1.45. The van der Waals surface area contributed by atoms with Crippen molar-refractivity contribution in [1.82, 2.24) is 0 Å². The van der Waals surface area contributed by atoms with Crippen molar-refractivity contribution < 1.29 is 40.4 Å². The van der Waals surface area contributed by atoms with E-state index in [0.717, 1.165) is 46.0 Å². The van der Waals surface area contributed by atoms with E-state index >= 15 is 0 Å². The van der Waals surface area contributed by atoms with Crippen molar-refractivity contribution in [3.8, 4) is 0 Å². The van der Waals surface area contributed by atoms with Crippen LogP contribution in [0.15, 0.2) is 0 Å². The van der Waals surface area contributed by atoms with Crippen molar-refractivity contribution in [2.75, 3.05) is 6.61 Å². The van der Waals surface area contributed by atoms with Crippen LogP contribution in [0.5, 0.6) is 0 Å². The Morgan fingerprint density at radius 2 is 1.00 bits per heavy atom. The van der Waals surface area contributed by atoms with Gasteiger partial charge in [0.1, 0.15) is 0 Å². The van der Waals surface area contributed by atoms with Gasteiger partial charge in [-0.3, -0.25) is 0 Å². The summed E-state index contributed by atoms with van der Waals surface area (Å²) in [7, 11) is 0. The molecule has 0 amide bonds. The Kier molecular flexibility index (Phi) is 26.5. The number of rotatable bonds is 10. The third-order valence-electron chi connectivity index (χ3n) is 2.56. The molecule has 97 valence electrons. The molecule has 0 aliphatic carbocycles. The number of hydrogen-bond donors (Lipinski definition) is 0. The maximum atomic E-state index is 5.09. The number of unbranched alkanes of at least 4 members (excludes halogenated alkanes) is 8. The molecule has 0 unspecified atom stereocenters. The van der Waals surface area contributed by atoms with Crippen molar-refractivity contribution in [2.24, 2.45) is 0 Å². The molecule has 0 heterocycles. The zero-order valence-corrected chi connectivity index (χ0v) is 14.9. The van der Waals surface area contributed by atoms with Crippen LogP contribution in [0.1, 0.15) is 85.0 Å². The average molecular weight is 360 g/mol. The van der Waals surface area contributed by atoms with Crippen LogP contribution in [0, 0.1) is 39.4 Å². The molecule has 0 spiro atoms. The van der Waals surface area contributed by atoms with Gasteiger partial charge in [-0.15, -0.1) is 0 Å². The van der Waals surface area contributed by atoms with Crippen LogP contribution in [0.4, 0.5) is 0 Å². The Morgan fingerprint density at radius 1 is 0.625 bits per heavy atom. The second-order valence-electron chi connectivity index (χ2n) is 4.32. The Balaban J connectivity index is 0. The Morgan fingerprint density at radius 3 is 1.44 bits per heavy atom. The molecule has 2 heteroatoms. The fraction of sp³-hybridized carbons (Fsp3) is 1.00. The van der Waals surface area contributed by atoms with Crippen LogP contribution in [-0.4, -0.2) is 6.61 Å². The van der Waals surface area contributed by atoms with E-state index in [1.165, 1.54) is 64.2 Å². The van der Waals surface area contributed by atoms with E-state index < -0.39 is 0 Å². The van der Waals surface area contributed by atoms with Gasteiger partial charge < -0.3 is 0 Å². The zero-order chi connectivity index (χ0) is 12.5. The first kappa shape index (κ1) is 19.6. The fourth-order valence-corrected chi connectivity index (χ4v) is 1.92. The molecular weight excluding hydrogens is 328 g/mol. The molecule has 0 aromatic heterocycles. The van der Waals surface area contributed by atoms with Gasteiger partial charge in [-0.1, -0.05) is 39.5 Å². The van der Waals surface area contributed by atoms with E-state index in [1.807, 2.05) is 0 Å². The quantitative estimate of drug-likeness (QED) is 0.474. The van der Waals surface area contributed by atoms with Crippen LogP contribution >= 0.6 is 0 Å². The van der Waals surface area contributed by atoms with Gasteiger partial charge in [0.05, 0.1) is 0 Å². The summed E-state index contributed by atoms with van der Waals surface area (Å²) in [5.41, 5.74) is 0. The molecule has 0 N–H and O–H groups in total. The molecule has 0 aliphatic rings. The Bertz CT molecular complexity index is 84.7.